The molecule has 1 aromatic heterocycles. The molecule has 0 aliphatic heterocycles. The summed E-state index contributed by atoms with van der Waals surface area (Å²) in [4.78, 5) is 24.4. The average molecular weight is 421 g/mol. The molecule has 0 aliphatic carbocycles. The van der Waals surface area contributed by atoms with Crippen LogP contribution in [0.1, 0.15) is 35.9 Å². The third-order valence-corrected chi connectivity index (χ3v) is 4.51. The molecule has 3 rings (SSSR count). The van der Waals surface area contributed by atoms with E-state index in [0.717, 1.165) is 24.3 Å². The zero-order chi connectivity index (χ0) is 21.9. The van der Waals surface area contributed by atoms with E-state index < -0.39 is 0 Å². The molecule has 31 heavy (non-hydrogen) atoms. The minimum Gasteiger partial charge on any atom is -0.494 e. The van der Waals surface area contributed by atoms with Crippen LogP contribution in [0.3, 0.4) is 0 Å². The van der Waals surface area contributed by atoms with Crippen LogP contribution in [0.2, 0.25) is 0 Å². The van der Waals surface area contributed by atoms with Gasteiger partial charge in [-0.1, -0.05) is 13.3 Å². The quantitative estimate of drug-likeness (QED) is 0.398. The van der Waals surface area contributed by atoms with Crippen molar-refractivity contribution in [2.45, 2.75) is 26.3 Å². The minimum absolute atomic E-state index is 0.126. The van der Waals surface area contributed by atoms with Gasteiger partial charge in [0.05, 0.1) is 26.0 Å². The highest BCUT2D eigenvalue weighted by atomic mass is 16.5. The Morgan fingerprint density at radius 1 is 0.968 bits per heavy atom. The lowest BCUT2D eigenvalue weighted by atomic mass is 10.2. The van der Waals surface area contributed by atoms with Crippen molar-refractivity contribution in [3.63, 3.8) is 0 Å². The van der Waals surface area contributed by atoms with Crippen LogP contribution in [0.15, 0.2) is 71.3 Å². The van der Waals surface area contributed by atoms with Gasteiger partial charge in [-0.3, -0.25) is 9.59 Å². The highest BCUT2D eigenvalue weighted by molar-refractivity contribution is 5.96. The highest BCUT2D eigenvalue weighted by Crippen LogP contribution is 2.16. The minimum atomic E-state index is -0.210. The molecule has 0 fully saturated rings. The largest absolute Gasteiger partial charge is 0.494 e. The normalized spacial score (nSPS) is 10.4. The number of anilines is 2. The number of carbonyl (C=O) groups excluding carboxylic acids is 2. The van der Waals surface area contributed by atoms with Crippen LogP contribution in [-0.2, 0) is 11.3 Å². The van der Waals surface area contributed by atoms with Crippen molar-refractivity contribution in [2.24, 2.45) is 0 Å². The molecular formula is C24H27N3O4. The molecule has 162 valence electrons. The lowest BCUT2D eigenvalue weighted by Gasteiger charge is -2.10. The van der Waals surface area contributed by atoms with E-state index in [1.165, 1.54) is 0 Å². The Hall–Kier alpha value is -3.74. The van der Waals surface area contributed by atoms with Crippen molar-refractivity contribution < 1.29 is 18.7 Å². The Morgan fingerprint density at radius 2 is 1.71 bits per heavy atom. The fraction of sp³-hybridized carbons (Fsp3) is 0.250. The van der Waals surface area contributed by atoms with Gasteiger partial charge in [-0.2, -0.15) is 0 Å². The predicted octanol–water partition coefficient (Wildman–Crippen LogP) is 4.44. The van der Waals surface area contributed by atoms with Crippen LogP contribution >= 0.6 is 0 Å². The zero-order valence-electron chi connectivity index (χ0n) is 17.5. The number of benzene rings is 2. The second kappa shape index (κ2) is 11.4. The summed E-state index contributed by atoms with van der Waals surface area (Å²) in [6.45, 7) is 3.27. The van der Waals surface area contributed by atoms with Crippen molar-refractivity contribution in [1.82, 2.24) is 5.32 Å². The summed E-state index contributed by atoms with van der Waals surface area (Å²) in [6, 6.07) is 17.8. The Kier molecular flexibility index (Phi) is 8.11. The molecule has 2 aromatic carbocycles. The van der Waals surface area contributed by atoms with Gasteiger partial charge in [-0.25, -0.2) is 0 Å². The van der Waals surface area contributed by atoms with Crippen molar-refractivity contribution in [3.05, 3.63) is 78.3 Å². The summed E-state index contributed by atoms with van der Waals surface area (Å²) in [5, 5.41) is 8.66. The third-order valence-electron chi connectivity index (χ3n) is 4.51. The van der Waals surface area contributed by atoms with Gasteiger partial charge in [0, 0.05) is 16.9 Å². The maximum atomic E-state index is 12.2. The van der Waals surface area contributed by atoms with Gasteiger partial charge in [-0.15, -0.1) is 0 Å². The van der Waals surface area contributed by atoms with Crippen molar-refractivity contribution in [1.29, 1.82) is 0 Å². The zero-order valence-corrected chi connectivity index (χ0v) is 17.5. The second-order valence-corrected chi connectivity index (χ2v) is 6.97. The first kappa shape index (κ1) is 22.0. The summed E-state index contributed by atoms with van der Waals surface area (Å²) in [6.07, 6.45) is 3.68. The molecule has 0 saturated carbocycles. The monoisotopic (exact) mass is 421 g/mol. The van der Waals surface area contributed by atoms with Gasteiger partial charge in [0.2, 0.25) is 5.91 Å². The molecule has 0 unspecified atom stereocenters. The first-order valence-corrected chi connectivity index (χ1v) is 10.3. The van der Waals surface area contributed by atoms with E-state index >= 15 is 0 Å². The van der Waals surface area contributed by atoms with Crippen LogP contribution in [-0.4, -0.2) is 25.0 Å². The molecule has 0 spiro atoms. The summed E-state index contributed by atoms with van der Waals surface area (Å²) >= 11 is 0. The Labute approximate surface area is 181 Å². The Balaban J connectivity index is 1.41. The van der Waals surface area contributed by atoms with Crippen LogP contribution in [0.4, 0.5) is 11.4 Å². The van der Waals surface area contributed by atoms with Gasteiger partial charge in [-0.05, 0) is 67.1 Å². The predicted molar refractivity (Wildman–Crippen MR) is 120 cm³/mol. The van der Waals surface area contributed by atoms with E-state index in [0.29, 0.717) is 30.2 Å². The first-order chi connectivity index (χ1) is 15.1. The molecule has 1 heterocycles. The second-order valence-electron chi connectivity index (χ2n) is 6.97. The van der Waals surface area contributed by atoms with Gasteiger partial charge in [0.1, 0.15) is 11.5 Å². The standard InChI is InChI=1S/C24H27N3O4/c1-2-3-14-30-21-12-10-19(11-13-21)25-17-23(28)27-20-8-6-18(7-9-20)24(29)26-16-22-5-4-15-31-22/h4-13,15,25H,2-3,14,16-17H2,1H3,(H,26,29)(H,27,28). The number of carbonyl (C=O) groups is 2. The fourth-order valence-corrected chi connectivity index (χ4v) is 2.78. The number of hydrogen-bond acceptors (Lipinski definition) is 5. The van der Waals surface area contributed by atoms with Crippen molar-refractivity contribution in [2.75, 3.05) is 23.8 Å². The number of amides is 2. The molecule has 0 atom stereocenters. The maximum Gasteiger partial charge on any atom is 0.251 e. The molecule has 7 heteroatoms. The third kappa shape index (κ3) is 7.22. The van der Waals surface area contributed by atoms with Crippen LogP contribution in [0.25, 0.3) is 0 Å². The number of nitrogens with one attached hydrogen (secondary N) is 3. The summed E-state index contributed by atoms with van der Waals surface area (Å²) in [5.41, 5.74) is 1.96. The molecule has 3 aromatic rings. The number of unbranched alkanes of at least 4 members (excludes halogenated alkanes) is 1. The fourth-order valence-electron chi connectivity index (χ4n) is 2.78. The highest BCUT2D eigenvalue weighted by Gasteiger charge is 2.08. The summed E-state index contributed by atoms with van der Waals surface area (Å²) < 4.78 is 10.8. The van der Waals surface area contributed by atoms with Gasteiger partial charge >= 0.3 is 0 Å². The Bertz CT molecular complexity index is 952. The van der Waals surface area contributed by atoms with E-state index in [4.69, 9.17) is 9.15 Å². The Morgan fingerprint density at radius 3 is 2.39 bits per heavy atom. The number of hydrogen-bond donors (Lipinski definition) is 3. The molecule has 0 bridgehead atoms. The molecule has 3 N–H and O–H groups in total. The molecule has 7 nitrogen and oxygen atoms in total. The molecule has 0 aliphatic rings. The SMILES string of the molecule is CCCCOc1ccc(NCC(=O)Nc2ccc(C(=O)NCc3ccco3)cc2)cc1. The maximum absolute atomic E-state index is 12.2. The van der Waals surface area contributed by atoms with E-state index in [2.05, 4.69) is 22.9 Å². The molecule has 2 amide bonds. The molecule has 0 radical (unpaired) electrons. The van der Waals surface area contributed by atoms with Gasteiger partial charge in [0.25, 0.3) is 5.91 Å². The molecular weight excluding hydrogens is 394 g/mol. The van der Waals surface area contributed by atoms with Crippen molar-refractivity contribution in [3.8, 4) is 5.75 Å². The van der Waals surface area contributed by atoms with E-state index in [-0.39, 0.29) is 18.4 Å². The number of rotatable bonds is 11. The van der Waals surface area contributed by atoms with Gasteiger partial charge in [0.15, 0.2) is 0 Å². The van der Waals surface area contributed by atoms with Crippen LogP contribution in [0.5, 0.6) is 5.75 Å². The number of ether oxygens (including phenoxy) is 1. The van der Waals surface area contributed by atoms with Gasteiger partial charge < -0.3 is 25.1 Å². The van der Waals surface area contributed by atoms with E-state index in [1.807, 2.05) is 24.3 Å². The average Bonchev–Trinajstić information content (AvgIpc) is 3.31. The van der Waals surface area contributed by atoms with Crippen molar-refractivity contribution >= 4 is 23.2 Å². The smallest absolute Gasteiger partial charge is 0.251 e. The lowest BCUT2D eigenvalue weighted by Crippen LogP contribution is -2.23. The first-order valence-electron chi connectivity index (χ1n) is 10.3. The number of furan rings is 1. The van der Waals surface area contributed by atoms with E-state index in [9.17, 15) is 9.59 Å². The summed E-state index contributed by atoms with van der Waals surface area (Å²) in [7, 11) is 0. The van der Waals surface area contributed by atoms with Crippen LogP contribution in [0, 0.1) is 0 Å². The molecule has 0 saturated heterocycles. The topological polar surface area (TPSA) is 92.6 Å². The lowest BCUT2D eigenvalue weighted by molar-refractivity contribution is -0.114. The van der Waals surface area contributed by atoms with Crippen LogP contribution < -0.4 is 20.7 Å². The van der Waals surface area contributed by atoms with E-state index in [1.54, 1.807) is 42.7 Å². The summed E-state index contributed by atoms with van der Waals surface area (Å²) in [5.74, 6) is 1.11.